The zero-order valence-electron chi connectivity index (χ0n) is 17.0. The molecule has 160 valence electrons. The molecule has 1 unspecified atom stereocenters. The van der Waals surface area contributed by atoms with Crippen LogP contribution < -0.4 is 10.6 Å². The van der Waals surface area contributed by atoms with E-state index in [9.17, 15) is 19.2 Å². The highest BCUT2D eigenvalue weighted by molar-refractivity contribution is 6.03. The SMILES string of the molecule is O=C1CC(Cc2ccc(NC(=O)N3CCN(C(=O)c4ccccc4)CC3)cc2)C(=O)N1. The molecule has 31 heavy (non-hydrogen) atoms. The molecule has 2 heterocycles. The first-order valence-corrected chi connectivity index (χ1v) is 10.3. The average molecular weight is 420 g/mol. The van der Waals surface area contributed by atoms with Gasteiger partial charge >= 0.3 is 6.03 Å². The number of anilines is 1. The van der Waals surface area contributed by atoms with Gasteiger partial charge in [0.2, 0.25) is 11.8 Å². The second-order valence-electron chi connectivity index (χ2n) is 7.79. The summed E-state index contributed by atoms with van der Waals surface area (Å²) < 4.78 is 0. The van der Waals surface area contributed by atoms with Crippen molar-refractivity contribution in [2.75, 3.05) is 31.5 Å². The van der Waals surface area contributed by atoms with E-state index in [2.05, 4.69) is 10.6 Å². The van der Waals surface area contributed by atoms with Gasteiger partial charge in [0.15, 0.2) is 0 Å². The Balaban J connectivity index is 1.27. The maximum absolute atomic E-state index is 12.6. The number of piperazine rings is 1. The highest BCUT2D eigenvalue weighted by atomic mass is 16.2. The fraction of sp³-hybridized carbons (Fsp3) is 0.304. The van der Waals surface area contributed by atoms with E-state index >= 15 is 0 Å². The van der Waals surface area contributed by atoms with E-state index in [1.54, 1.807) is 34.1 Å². The van der Waals surface area contributed by atoms with E-state index in [1.807, 2.05) is 30.3 Å². The number of carbonyl (C=O) groups excluding carboxylic acids is 4. The smallest absolute Gasteiger partial charge is 0.321 e. The number of benzene rings is 2. The van der Waals surface area contributed by atoms with Gasteiger partial charge < -0.3 is 15.1 Å². The van der Waals surface area contributed by atoms with Crippen molar-refractivity contribution in [1.29, 1.82) is 0 Å². The molecular formula is C23H24N4O4. The Morgan fingerprint density at radius 2 is 1.55 bits per heavy atom. The molecule has 0 bridgehead atoms. The monoisotopic (exact) mass is 420 g/mol. The van der Waals surface area contributed by atoms with Gasteiger partial charge in [-0.2, -0.15) is 0 Å². The van der Waals surface area contributed by atoms with Crippen molar-refractivity contribution in [3.63, 3.8) is 0 Å². The third-order valence-corrected chi connectivity index (χ3v) is 5.63. The lowest BCUT2D eigenvalue weighted by atomic mass is 9.98. The average Bonchev–Trinajstić information content (AvgIpc) is 3.11. The first-order chi connectivity index (χ1) is 15.0. The Bertz CT molecular complexity index is 982. The first kappa shape index (κ1) is 20.6. The second kappa shape index (κ2) is 8.99. The highest BCUT2D eigenvalue weighted by Gasteiger charge is 2.30. The van der Waals surface area contributed by atoms with E-state index < -0.39 is 0 Å². The van der Waals surface area contributed by atoms with Gasteiger partial charge in [0.05, 0.1) is 5.92 Å². The van der Waals surface area contributed by atoms with Crippen molar-refractivity contribution >= 4 is 29.4 Å². The minimum atomic E-state index is -0.331. The van der Waals surface area contributed by atoms with Crippen LogP contribution in [0.5, 0.6) is 0 Å². The standard InChI is InChI=1S/C23H24N4O4/c28-20-15-18(21(29)25-20)14-16-6-8-19(9-7-16)24-23(31)27-12-10-26(11-13-27)22(30)17-4-2-1-3-5-17/h1-9,18H,10-15H2,(H,24,31)(H,25,28,29). The van der Waals surface area contributed by atoms with Crippen LogP contribution in [0.3, 0.4) is 0 Å². The Labute approximate surface area is 180 Å². The molecule has 2 aliphatic rings. The molecule has 0 aromatic heterocycles. The lowest BCUT2D eigenvalue weighted by molar-refractivity contribution is -0.125. The molecular weight excluding hydrogens is 396 g/mol. The van der Waals surface area contributed by atoms with Gasteiger partial charge in [-0.15, -0.1) is 0 Å². The number of nitrogens with one attached hydrogen (secondary N) is 2. The zero-order chi connectivity index (χ0) is 21.8. The van der Waals surface area contributed by atoms with Crippen LogP contribution in [0.2, 0.25) is 0 Å². The summed E-state index contributed by atoms with van der Waals surface area (Å²) in [5.41, 5.74) is 2.24. The van der Waals surface area contributed by atoms with Gasteiger partial charge in [0.25, 0.3) is 5.91 Å². The van der Waals surface area contributed by atoms with E-state index in [-0.39, 0.29) is 36.1 Å². The summed E-state index contributed by atoms with van der Waals surface area (Å²) in [7, 11) is 0. The molecule has 0 spiro atoms. The van der Waals surface area contributed by atoms with Crippen molar-refractivity contribution < 1.29 is 19.2 Å². The van der Waals surface area contributed by atoms with Gasteiger partial charge in [-0.05, 0) is 36.2 Å². The Kier molecular flexibility index (Phi) is 5.97. The Morgan fingerprint density at radius 1 is 0.903 bits per heavy atom. The van der Waals surface area contributed by atoms with Crippen molar-refractivity contribution in [3.05, 3.63) is 65.7 Å². The van der Waals surface area contributed by atoms with Gasteiger partial charge in [-0.25, -0.2) is 4.79 Å². The second-order valence-corrected chi connectivity index (χ2v) is 7.79. The summed E-state index contributed by atoms with van der Waals surface area (Å²) in [5, 5.41) is 5.19. The number of hydrogen-bond acceptors (Lipinski definition) is 4. The van der Waals surface area contributed by atoms with Gasteiger partial charge in [0, 0.05) is 43.9 Å². The molecule has 0 saturated carbocycles. The number of urea groups is 1. The molecule has 4 rings (SSSR count). The fourth-order valence-corrected chi connectivity index (χ4v) is 3.86. The molecule has 1 atom stereocenters. The van der Waals surface area contributed by atoms with E-state index in [1.165, 1.54) is 0 Å². The van der Waals surface area contributed by atoms with Crippen LogP contribution in [0.25, 0.3) is 0 Å². The summed E-state index contributed by atoms with van der Waals surface area (Å²) in [6.07, 6.45) is 0.708. The maximum Gasteiger partial charge on any atom is 0.321 e. The highest BCUT2D eigenvalue weighted by Crippen LogP contribution is 2.19. The summed E-state index contributed by atoms with van der Waals surface area (Å²) in [6, 6.07) is 16.2. The van der Waals surface area contributed by atoms with E-state index in [4.69, 9.17) is 0 Å². The molecule has 2 aromatic rings. The van der Waals surface area contributed by atoms with E-state index in [0.29, 0.717) is 43.9 Å². The summed E-state index contributed by atoms with van der Waals surface area (Å²) in [4.78, 5) is 51.6. The summed E-state index contributed by atoms with van der Waals surface area (Å²) in [5.74, 6) is -0.812. The van der Waals surface area contributed by atoms with Crippen LogP contribution in [0.15, 0.2) is 54.6 Å². The molecule has 8 nitrogen and oxygen atoms in total. The molecule has 5 amide bonds. The quantitative estimate of drug-likeness (QED) is 0.738. The minimum Gasteiger partial charge on any atom is -0.335 e. The number of carbonyl (C=O) groups is 4. The number of imide groups is 1. The maximum atomic E-state index is 12.6. The van der Waals surface area contributed by atoms with Crippen LogP contribution in [0.1, 0.15) is 22.3 Å². The van der Waals surface area contributed by atoms with Crippen LogP contribution in [0.4, 0.5) is 10.5 Å². The van der Waals surface area contributed by atoms with Crippen molar-refractivity contribution in [2.45, 2.75) is 12.8 Å². The molecule has 0 radical (unpaired) electrons. The Hall–Kier alpha value is -3.68. The van der Waals surface area contributed by atoms with Gasteiger partial charge in [0.1, 0.15) is 0 Å². The molecule has 8 heteroatoms. The molecule has 2 aliphatic heterocycles. The molecule has 2 N–H and O–H groups in total. The topological polar surface area (TPSA) is 98.8 Å². The molecule has 2 aromatic carbocycles. The van der Waals surface area contributed by atoms with Crippen molar-refractivity contribution in [3.8, 4) is 0 Å². The zero-order valence-corrected chi connectivity index (χ0v) is 17.0. The van der Waals surface area contributed by atoms with Crippen molar-refractivity contribution in [1.82, 2.24) is 15.1 Å². The van der Waals surface area contributed by atoms with Crippen LogP contribution >= 0.6 is 0 Å². The number of nitrogens with zero attached hydrogens (tertiary/aromatic N) is 2. The van der Waals surface area contributed by atoms with Crippen molar-refractivity contribution in [2.24, 2.45) is 5.92 Å². The normalized spacial score (nSPS) is 18.6. The number of hydrogen-bond donors (Lipinski definition) is 2. The predicted octanol–water partition coefficient (Wildman–Crippen LogP) is 1.88. The predicted molar refractivity (Wildman–Crippen MR) is 114 cm³/mol. The van der Waals surface area contributed by atoms with Gasteiger partial charge in [-0.1, -0.05) is 30.3 Å². The first-order valence-electron chi connectivity index (χ1n) is 10.3. The fourth-order valence-electron chi connectivity index (χ4n) is 3.86. The third kappa shape index (κ3) is 4.91. The van der Waals surface area contributed by atoms with Crippen LogP contribution in [-0.4, -0.2) is 59.7 Å². The summed E-state index contributed by atoms with van der Waals surface area (Å²) >= 11 is 0. The van der Waals surface area contributed by atoms with Crippen LogP contribution in [0, 0.1) is 5.92 Å². The van der Waals surface area contributed by atoms with E-state index in [0.717, 1.165) is 5.56 Å². The van der Waals surface area contributed by atoms with Crippen LogP contribution in [-0.2, 0) is 16.0 Å². The number of amides is 5. The lowest BCUT2D eigenvalue weighted by Crippen LogP contribution is -2.51. The third-order valence-electron chi connectivity index (χ3n) is 5.63. The number of rotatable bonds is 4. The largest absolute Gasteiger partial charge is 0.335 e. The van der Waals surface area contributed by atoms with Gasteiger partial charge in [-0.3, -0.25) is 19.7 Å². The Morgan fingerprint density at radius 3 is 2.16 bits per heavy atom. The molecule has 2 fully saturated rings. The lowest BCUT2D eigenvalue weighted by Gasteiger charge is -2.34. The minimum absolute atomic E-state index is 0.0195. The molecule has 2 saturated heterocycles. The molecule has 0 aliphatic carbocycles. The summed E-state index contributed by atoms with van der Waals surface area (Å²) in [6.45, 7) is 1.91.